The van der Waals surface area contributed by atoms with Gasteiger partial charge in [-0.05, 0) is 13.0 Å². The molecule has 0 saturated carbocycles. The van der Waals surface area contributed by atoms with E-state index in [-0.39, 0.29) is 5.69 Å². The van der Waals surface area contributed by atoms with E-state index in [0.717, 1.165) is 4.68 Å². The molecule has 1 aromatic rings. The predicted molar refractivity (Wildman–Crippen MR) is 39.0 cm³/mol. The molecule has 0 aromatic carbocycles. The largest absolute Gasteiger partial charge is 0.420 e. The molecule has 0 aliphatic heterocycles. The molecule has 1 heterocycles. The molecule has 0 aliphatic carbocycles. The number of aliphatic hydroxyl groups excluding tert-OH is 1. The first kappa shape index (κ1) is 10.0. The van der Waals surface area contributed by atoms with E-state index in [2.05, 4.69) is 5.10 Å². The van der Waals surface area contributed by atoms with Crippen LogP contribution in [0, 0.1) is 6.92 Å². The second-order valence-corrected chi connectivity index (χ2v) is 2.78. The molecule has 3 nitrogen and oxygen atoms in total. The summed E-state index contributed by atoms with van der Waals surface area (Å²) in [5, 5.41) is 12.6. The zero-order valence-corrected chi connectivity index (χ0v) is 7.13. The summed E-state index contributed by atoms with van der Waals surface area (Å²) in [6, 6.07) is 1.21. The van der Waals surface area contributed by atoms with Gasteiger partial charge in [0.1, 0.15) is 0 Å². The van der Waals surface area contributed by atoms with Crippen LogP contribution in [-0.2, 0) is 7.05 Å². The van der Waals surface area contributed by atoms with Crippen LogP contribution in [0.5, 0.6) is 0 Å². The Kier molecular flexibility index (Phi) is 2.34. The molecule has 1 N–H and O–H groups in total. The van der Waals surface area contributed by atoms with Gasteiger partial charge in [-0.3, -0.25) is 4.68 Å². The molecule has 1 atom stereocenters. The van der Waals surface area contributed by atoms with E-state index in [4.69, 9.17) is 5.11 Å². The van der Waals surface area contributed by atoms with Gasteiger partial charge in [0.2, 0.25) is 0 Å². The number of aromatic nitrogens is 2. The van der Waals surface area contributed by atoms with E-state index in [1.54, 1.807) is 6.92 Å². The summed E-state index contributed by atoms with van der Waals surface area (Å²) in [6.07, 6.45) is -7.10. The van der Waals surface area contributed by atoms with Gasteiger partial charge in [0.05, 0.1) is 11.4 Å². The molecule has 0 amide bonds. The van der Waals surface area contributed by atoms with Crippen LogP contribution in [0.4, 0.5) is 13.2 Å². The fraction of sp³-hybridized carbons (Fsp3) is 0.571. The first-order valence-corrected chi connectivity index (χ1v) is 3.57. The van der Waals surface area contributed by atoms with Gasteiger partial charge in [-0.2, -0.15) is 18.3 Å². The summed E-state index contributed by atoms with van der Waals surface area (Å²) >= 11 is 0. The molecule has 0 aliphatic rings. The number of hydrogen-bond acceptors (Lipinski definition) is 2. The lowest BCUT2D eigenvalue weighted by atomic mass is 10.2. The van der Waals surface area contributed by atoms with E-state index in [1.165, 1.54) is 13.1 Å². The van der Waals surface area contributed by atoms with Crippen LogP contribution in [-0.4, -0.2) is 21.1 Å². The molecule has 0 bridgehead atoms. The Bertz CT molecular complexity index is 305. The molecule has 1 aromatic heterocycles. The molecule has 74 valence electrons. The minimum atomic E-state index is -4.64. The predicted octanol–water partition coefficient (Wildman–Crippen LogP) is 1.32. The molecule has 1 rings (SSSR count). The van der Waals surface area contributed by atoms with E-state index in [1.807, 2.05) is 0 Å². The highest BCUT2D eigenvalue weighted by atomic mass is 19.4. The third-order valence-corrected chi connectivity index (χ3v) is 1.63. The Balaban J connectivity index is 3.01. The summed E-state index contributed by atoms with van der Waals surface area (Å²) < 4.78 is 37.1. The van der Waals surface area contributed by atoms with E-state index < -0.39 is 12.3 Å². The number of aryl methyl sites for hydroxylation is 2. The zero-order chi connectivity index (χ0) is 10.2. The highest BCUT2D eigenvalue weighted by Gasteiger charge is 2.41. The summed E-state index contributed by atoms with van der Waals surface area (Å²) in [5.41, 5.74) is 0.200. The second kappa shape index (κ2) is 3.02. The average molecular weight is 194 g/mol. The topological polar surface area (TPSA) is 38.0 Å². The third-order valence-electron chi connectivity index (χ3n) is 1.63. The highest BCUT2D eigenvalue weighted by Crippen LogP contribution is 2.32. The van der Waals surface area contributed by atoms with Crippen molar-refractivity contribution in [3.8, 4) is 0 Å². The molecule has 0 unspecified atom stereocenters. The Hall–Kier alpha value is -1.04. The van der Waals surface area contributed by atoms with Gasteiger partial charge in [0, 0.05) is 7.05 Å². The Morgan fingerprint density at radius 3 is 2.38 bits per heavy atom. The lowest BCUT2D eigenvalue weighted by Crippen LogP contribution is -2.22. The van der Waals surface area contributed by atoms with E-state index >= 15 is 0 Å². The fourth-order valence-corrected chi connectivity index (χ4v) is 1.05. The smallest absolute Gasteiger partial charge is 0.378 e. The molecule has 0 radical (unpaired) electrons. The first-order valence-electron chi connectivity index (χ1n) is 3.57. The van der Waals surface area contributed by atoms with Gasteiger partial charge >= 0.3 is 6.18 Å². The lowest BCUT2D eigenvalue weighted by Gasteiger charge is -2.13. The van der Waals surface area contributed by atoms with Crippen molar-refractivity contribution in [2.45, 2.75) is 19.2 Å². The Morgan fingerprint density at radius 2 is 2.08 bits per heavy atom. The molecular weight excluding hydrogens is 185 g/mol. The number of halogens is 3. The van der Waals surface area contributed by atoms with Gasteiger partial charge in [-0.1, -0.05) is 0 Å². The van der Waals surface area contributed by atoms with Gasteiger partial charge in [-0.15, -0.1) is 0 Å². The number of alkyl halides is 3. The number of aliphatic hydroxyl groups is 1. The van der Waals surface area contributed by atoms with Crippen LogP contribution in [0.15, 0.2) is 6.07 Å². The monoisotopic (exact) mass is 194 g/mol. The van der Waals surface area contributed by atoms with Crippen molar-refractivity contribution >= 4 is 0 Å². The zero-order valence-electron chi connectivity index (χ0n) is 7.13. The van der Waals surface area contributed by atoms with Crippen molar-refractivity contribution in [3.63, 3.8) is 0 Å². The van der Waals surface area contributed by atoms with E-state index in [0.29, 0.717) is 5.69 Å². The van der Waals surface area contributed by atoms with Crippen molar-refractivity contribution in [1.29, 1.82) is 0 Å². The number of nitrogens with zero attached hydrogens (tertiary/aromatic N) is 2. The standard InChI is InChI=1S/C7H9F3N2O/c1-4-3-5(12(2)11-4)6(13)7(8,9)10/h3,6,13H,1-2H3/t6-/m1/s1. The molecular formula is C7H9F3N2O. The van der Waals surface area contributed by atoms with Crippen molar-refractivity contribution in [2.24, 2.45) is 7.05 Å². The summed E-state index contributed by atoms with van der Waals surface area (Å²) in [6.45, 7) is 1.56. The lowest BCUT2D eigenvalue weighted by molar-refractivity contribution is -0.208. The van der Waals surface area contributed by atoms with E-state index in [9.17, 15) is 13.2 Å². The minimum absolute atomic E-state index is 0.245. The van der Waals surface area contributed by atoms with Gasteiger partial charge in [0.25, 0.3) is 0 Å². The Labute approximate surface area is 72.8 Å². The van der Waals surface area contributed by atoms with Gasteiger partial charge < -0.3 is 5.11 Å². The summed E-state index contributed by atoms with van der Waals surface area (Å²) in [5.74, 6) is 0. The quantitative estimate of drug-likeness (QED) is 0.732. The third kappa shape index (κ3) is 2.00. The molecule has 0 fully saturated rings. The van der Waals surface area contributed by atoms with Crippen LogP contribution in [0.3, 0.4) is 0 Å². The maximum absolute atomic E-state index is 12.0. The molecule has 6 heteroatoms. The summed E-state index contributed by atoms with van der Waals surface area (Å²) in [7, 11) is 1.36. The molecule has 0 saturated heterocycles. The van der Waals surface area contributed by atoms with Crippen molar-refractivity contribution in [2.75, 3.05) is 0 Å². The van der Waals surface area contributed by atoms with Gasteiger partial charge in [0.15, 0.2) is 6.10 Å². The first-order chi connectivity index (χ1) is 5.82. The summed E-state index contributed by atoms with van der Waals surface area (Å²) in [4.78, 5) is 0. The van der Waals surface area contributed by atoms with Crippen LogP contribution in [0.2, 0.25) is 0 Å². The molecule has 0 spiro atoms. The highest BCUT2D eigenvalue weighted by molar-refractivity contribution is 5.12. The maximum Gasteiger partial charge on any atom is 0.420 e. The fourth-order valence-electron chi connectivity index (χ4n) is 1.05. The number of rotatable bonds is 1. The normalized spacial score (nSPS) is 14.6. The maximum atomic E-state index is 12.0. The Morgan fingerprint density at radius 1 is 1.54 bits per heavy atom. The average Bonchev–Trinajstić information content (AvgIpc) is 2.26. The van der Waals surface area contributed by atoms with Crippen molar-refractivity contribution in [1.82, 2.24) is 9.78 Å². The van der Waals surface area contributed by atoms with Crippen LogP contribution in [0.25, 0.3) is 0 Å². The molecule has 13 heavy (non-hydrogen) atoms. The van der Waals surface area contributed by atoms with Crippen molar-refractivity contribution in [3.05, 3.63) is 17.5 Å². The van der Waals surface area contributed by atoms with Crippen LogP contribution in [0.1, 0.15) is 17.5 Å². The van der Waals surface area contributed by atoms with Crippen LogP contribution >= 0.6 is 0 Å². The van der Waals surface area contributed by atoms with Gasteiger partial charge in [-0.25, -0.2) is 0 Å². The minimum Gasteiger partial charge on any atom is -0.378 e. The SMILES string of the molecule is Cc1cc([C@@H](O)C(F)(F)F)n(C)n1. The van der Waals surface area contributed by atoms with Crippen molar-refractivity contribution < 1.29 is 18.3 Å². The number of hydrogen-bond donors (Lipinski definition) is 1. The van der Waals surface area contributed by atoms with Crippen LogP contribution < -0.4 is 0 Å². The second-order valence-electron chi connectivity index (χ2n) is 2.78.